The molecule has 0 fully saturated rings. The van der Waals surface area contributed by atoms with Gasteiger partial charge < -0.3 is 15.0 Å². The van der Waals surface area contributed by atoms with Gasteiger partial charge in [-0.25, -0.2) is 12.8 Å². The van der Waals surface area contributed by atoms with Crippen LogP contribution in [0.25, 0.3) is 0 Å². The molecule has 8 nitrogen and oxygen atoms in total. The maximum Gasteiger partial charge on any atom is 0.264 e. The third-order valence-electron chi connectivity index (χ3n) is 6.73. The molecule has 0 heterocycles. The lowest BCUT2D eigenvalue weighted by Crippen LogP contribution is -2.52. The van der Waals surface area contributed by atoms with E-state index in [4.69, 9.17) is 16.3 Å². The lowest BCUT2D eigenvalue weighted by molar-refractivity contribution is -0.139. The van der Waals surface area contributed by atoms with Crippen molar-refractivity contribution in [3.63, 3.8) is 0 Å². The van der Waals surface area contributed by atoms with Crippen molar-refractivity contribution in [2.45, 2.75) is 57.6 Å². The third-order valence-corrected chi connectivity index (χ3v) is 8.74. The second kappa shape index (κ2) is 13.8. The molecule has 220 valence electrons. The van der Waals surface area contributed by atoms with Gasteiger partial charge in [0.05, 0.1) is 17.7 Å². The van der Waals surface area contributed by atoms with Crippen LogP contribution in [0, 0.1) is 12.7 Å². The number of sulfonamides is 1. The lowest BCUT2D eigenvalue weighted by atomic mass is 10.1. The molecule has 0 saturated carbocycles. The van der Waals surface area contributed by atoms with E-state index in [2.05, 4.69) is 5.32 Å². The molecule has 0 bridgehead atoms. The monoisotopic (exact) mass is 603 g/mol. The van der Waals surface area contributed by atoms with E-state index >= 15 is 0 Å². The number of methoxy groups -OCH3 is 1. The molecule has 2 amide bonds. The van der Waals surface area contributed by atoms with Gasteiger partial charge in [0.15, 0.2) is 0 Å². The first kappa shape index (κ1) is 31.9. The molecule has 1 N–H and O–H groups in total. The minimum absolute atomic E-state index is 0.0365. The van der Waals surface area contributed by atoms with Crippen LogP contribution in [-0.4, -0.2) is 50.9 Å². The van der Waals surface area contributed by atoms with Crippen molar-refractivity contribution in [3.8, 4) is 5.75 Å². The molecule has 0 unspecified atom stereocenters. The molecule has 0 aromatic heterocycles. The fourth-order valence-corrected chi connectivity index (χ4v) is 5.63. The van der Waals surface area contributed by atoms with Crippen LogP contribution in [0.5, 0.6) is 5.75 Å². The maximum absolute atomic E-state index is 14.0. The van der Waals surface area contributed by atoms with E-state index in [1.54, 1.807) is 25.1 Å². The number of hydrogen-bond acceptors (Lipinski definition) is 5. The fraction of sp³-hybridized carbons (Fsp3) is 0.333. The topological polar surface area (TPSA) is 96.0 Å². The van der Waals surface area contributed by atoms with Gasteiger partial charge in [0, 0.05) is 17.6 Å². The first-order chi connectivity index (χ1) is 19.4. The van der Waals surface area contributed by atoms with Crippen LogP contribution >= 0.6 is 11.6 Å². The molecule has 0 aliphatic rings. The average molecular weight is 604 g/mol. The number of amides is 2. The van der Waals surface area contributed by atoms with Crippen LogP contribution in [0.3, 0.4) is 0 Å². The van der Waals surface area contributed by atoms with Crippen molar-refractivity contribution in [2.24, 2.45) is 0 Å². The predicted octanol–water partition coefficient (Wildman–Crippen LogP) is 5.32. The summed E-state index contributed by atoms with van der Waals surface area (Å²) >= 11 is 6.25. The van der Waals surface area contributed by atoms with Gasteiger partial charge in [0.1, 0.15) is 24.2 Å². The van der Waals surface area contributed by atoms with Gasteiger partial charge in [-0.2, -0.15) is 0 Å². The molecular formula is C30H35ClFN3O5S. The molecular weight excluding hydrogens is 569 g/mol. The molecule has 0 spiro atoms. The van der Waals surface area contributed by atoms with Crippen LogP contribution in [-0.2, 0) is 26.2 Å². The number of benzene rings is 3. The highest BCUT2D eigenvalue weighted by atomic mass is 35.5. The van der Waals surface area contributed by atoms with E-state index in [0.717, 1.165) is 9.87 Å². The molecule has 2 atom stereocenters. The number of anilines is 1. The van der Waals surface area contributed by atoms with Crippen LogP contribution in [0.2, 0.25) is 5.02 Å². The Morgan fingerprint density at radius 2 is 1.66 bits per heavy atom. The van der Waals surface area contributed by atoms with Crippen LogP contribution in [0.4, 0.5) is 10.1 Å². The quantitative estimate of drug-likeness (QED) is 0.302. The summed E-state index contributed by atoms with van der Waals surface area (Å²) in [4.78, 5) is 28.4. The number of aryl methyl sites for hydroxylation is 1. The number of rotatable bonds is 12. The molecule has 0 saturated heterocycles. The number of nitrogens with one attached hydrogen (secondary N) is 1. The highest BCUT2D eigenvalue weighted by Gasteiger charge is 2.34. The standard InChI is InChI=1S/C30H35ClFN3O5S/c1-6-21(3)33-30(37)22(4)34(18-23-9-12-25(32)13-10-23)29(36)19-35(27-17-24(31)11-16-28(27)40-5)41(38,39)26-14-7-20(2)8-15-26/h7-17,21-22H,6,18-19H2,1-5H3,(H,33,37)/t21-,22+/m1/s1. The summed E-state index contributed by atoms with van der Waals surface area (Å²) in [5.74, 6) is -1.31. The van der Waals surface area contributed by atoms with E-state index in [1.165, 1.54) is 60.5 Å². The second-order valence-electron chi connectivity index (χ2n) is 9.78. The number of halogens is 2. The van der Waals surface area contributed by atoms with Crippen molar-refractivity contribution in [2.75, 3.05) is 18.0 Å². The highest BCUT2D eigenvalue weighted by Crippen LogP contribution is 2.35. The Bertz CT molecular complexity index is 1470. The zero-order chi connectivity index (χ0) is 30.3. The van der Waals surface area contributed by atoms with Crippen molar-refractivity contribution in [1.29, 1.82) is 0 Å². The Morgan fingerprint density at radius 1 is 1.02 bits per heavy atom. The molecule has 3 rings (SSSR count). The Balaban J connectivity index is 2.09. The Labute approximate surface area is 246 Å². The van der Waals surface area contributed by atoms with E-state index in [0.29, 0.717) is 12.0 Å². The fourth-order valence-electron chi connectivity index (χ4n) is 4.04. The van der Waals surface area contributed by atoms with Gasteiger partial charge in [0.25, 0.3) is 10.0 Å². The number of carbonyl (C=O) groups is 2. The lowest BCUT2D eigenvalue weighted by Gasteiger charge is -2.33. The third kappa shape index (κ3) is 7.98. The van der Waals surface area contributed by atoms with Crippen molar-refractivity contribution in [3.05, 3.63) is 88.7 Å². The number of carbonyl (C=O) groups excluding carboxylic acids is 2. The summed E-state index contributed by atoms with van der Waals surface area (Å²) in [6, 6.07) is 15.1. The van der Waals surface area contributed by atoms with Gasteiger partial charge in [0.2, 0.25) is 11.8 Å². The van der Waals surface area contributed by atoms with Crippen LogP contribution in [0.1, 0.15) is 38.3 Å². The van der Waals surface area contributed by atoms with Gasteiger partial charge in [-0.1, -0.05) is 48.4 Å². The SMILES string of the molecule is CC[C@@H](C)NC(=O)[C@H](C)N(Cc1ccc(F)cc1)C(=O)CN(c1cc(Cl)ccc1OC)S(=O)(=O)c1ccc(C)cc1. The van der Waals surface area contributed by atoms with Gasteiger partial charge in [-0.3, -0.25) is 13.9 Å². The molecule has 3 aromatic rings. The summed E-state index contributed by atoms with van der Waals surface area (Å²) in [5, 5.41) is 3.11. The molecule has 41 heavy (non-hydrogen) atoms. The summed E-state index contributed by atoms with van der Waals surface area (Å²) in [5.41, 5.74) is 1.49. The van der Waals surface area contributed by atoms with Gasteiger partial charge in [-0.05, 0) is 75.2 Å². The van der Waals surface area contributed by atoms with Crippen LogP contribution in [0.15, 0.2) is 71.6 Å². The van der Waals surface area contributed by atoms with Gasteiger partial charge in [-0.15, -0.1) is 0 Å². The Morgan fingerprint density at radius 3 is 2.24 bits per heavy atom. The largest absolute Gasteiger partial charge is 0.495 e. The maximum atomic E-state index is 14.0. The summed E-state index contributed by atoms with van der Waals surface area (Å²) in [7, 11) is -2.92. The van der Waals surface area contributed by atoms with E-state index in [9.17, 15) is 22.4 Å². The zero-order valence-corrected chi connectivity index (χ0v) is 25.3. The first-order valence-corrected chi connectivity index (χ1v) is 15.0. The summed E-state index contributed by atoms with van der Waals surface area (Å²) < 4.78 is 48.0. The minimum Gasteiger partial charge on any atom is -0.495 e. The molecule has 0 radical (unpaired) electrons. The minimum atomic E-state index is -4.30. The number of ether oxygens (including phenoxy) is 1. The van der Waals surface area contributed by atoms with Crippen molar-refractivity contribution < 1.29 is 27.1 Å². The molecule has 0 aliphatic heterocycles. The first-order valence-electron chi connectivity index (χ1n) is 13.1. The molecule has 11 heteroatoms. The summed E-state index contributed by atoms with van der Waals surface area (Å²) in [6.07, 6.45) is 0.682. The van der Waals surface area contributed by atoms with E-state index in [-0.39, 0.29) is 33.9 Å². The average Bonchev–Trinajstić information content (AvgIpc) is 2.95. The van der Waals surface area contributed by atoms with E-state index in [1.807, 2.05) is 20.8 Å². The number of nitrogens with zero attached hydrogens (tertiary/aromatic N) is 2. The van der Waals surface area contributed by atoms with Crippen molar-refractivity contribution >= 4 is 39.1 Å². The van der Waals surface area contributed by atoms with E-state index < -0.39 is 40.2 Å². The van der Waals surface area contributed by atoms with Crippen LogP contribution < -0.4 is 14.4 Å². The van der Waals surface area contributed by atoms with Crippen molar-refractivity contribution in [1.82, 2.24) is 10.2 Å². The highest BCUT2D eigenvalue weighted by molar-refractivity contribution is 7.92. The molecule has 3 aromatic carbocycles. The second-order valence-corrected chi connectivity index (χ2v) is 12.1. The molecule has 0 aliphatic carbocycles. The van der Waals surface area contributed by atoms with Gasteiger partial charge >= 0.3 is 0 Å². The Kier molecular flexibility index (Phi) is 10.8. The zero-order valence-electron chi connectivity index (χ0n) is 23.7. The number of hydrogen-bond donors (Lipinski definition) is 1. The normalized spacial score (nSPS) is 12.8. The Hall–Kier alpha value is -3.63. The summed E-state index contributed by atoms with van der Waals surface area (Å²) in [6.45, 7) is 6.45. The smallest absolute Gasteiger partial charge is 0.264 e. The predicted molar refractivity (Wildman–Crippen MR) is 158 cm³/mol.